The molecule has 1 saturated heterocycles. The molecule has 0 bridgehead atoms. The van der Waals surface area contributed by atoms with Crippen LogP contribution in [0.2, 0.25) is 0 Å². The highest BCUT2D eigenvalue weighted by Gasteiger charge is 2.33. The molecule has 86 valence electrons. The van der Waals surface area contributed by atoms with Crippen molar-refractivity contribution in [2.24, 2.45) is 0 Å². The summed E-state index contributed by atoms with van der Waals surface area (Å²) >= 11 is 4.90. The summed E-state index contributed by atoms with van der Waals surface area (Å²) in [5, 5.41) is 2.81. The second-order valence-electron chi connectivity index (χ2n) is 3.43. The highest BCUT2D eigenvalue weighted by atomic mass is 32.1. The van der Waals surface area contributed by atoms with Gasteiger partial charge < -0.3 is 5.32 Å². The van der Waals surface area contributed by atoms with E-state index in [1.165, 1.54) is 6.92 Å². The molecule has 5 nitrogen and oxygen atoms in total. The number of nitrogens with zero attached hydrogens (tertiary/aromatic N) is 2. The predicted molar refractivity (Wildman–Crippen MR) is 65.5 cm³/mol. The third-order valence-electron chi connectivity index (χ3n) is 2.19. The van der Waals surface area contributed by atoms with Crippen molar-refractivity contribution in [3.63, 3.8) is 0 Å². The summed E-state index contributed by atoms with van der Waals surface area (Å²) < 4.78 is 0. The van der Waals surface area contributed by atoms with Gasteiger partial charge in [-0.3, -0.25) is 14.6 Å². The molecule has 2 rings (SSSR count). The number of amides is 2. The van der Waals surface area contributed by atoms with Crippen LogP contribution in [0.15, 0.2) is 30.2 Å². The third kappa shape index (κ3) is 2.21. The first kappa shape index (κ1) is 11.4. The summed E-state index contributed by atoms with van der Waals surface area (Å²) in [5.41, 5.74) is 1.04. The molecular weight excluding hydrogens is 238 g/mol. The van der Waals surface area contributed by atoms with Gasteiger partial charge in [-0.05, 0) is 29.9 Å². The molecule has 2 heterocycles. The lowest BCUT2D eigenvalue weighted by Gasteiger charge is -2.06. The number of hydrogen-bond donors (Lipinski definition) is 1. The number of carbonyl (C=O) groups excluding carboxylic acids is 2. The lowest BCUT2D eigenvalue weighted by molar-refractivity contribution is -0.135. The highest BCUT2D eigenvalue weighted by molar-refractivity contribution is 7.80. The number of nitrogens with one attached hydrogen (secondary N) is 1. The average molecular weight is 247 g/mol. The maximum Gasteiger partial charge on any atom is 0.283 e. The topological polar surface area (TPSA) is 62.3 Å². The second kappa shape index (κ2) is 4.42. The smallest absolute Gasteiger partial charge is 0.283 e. The van der Waals surface area contributed by atoms with Crippen LogP contribution in [0.25, 0.3) is 6.08 Å². The SMILES string of the molecule is CC(=O)N1C(=O)/C(=C\c2cccnc2)NC1=S. The van der Waals surface area contributed by atoms with Crippen LogP contribution in [0, 0.1) is 0 Å². The van der Waals surface area contributed by atoms with Crippen molar-refractivity contribution < 1.29 is 9.59 Å². The number of carbonyl (C=O) groups is 2. The number of rotatable bonds is 1. The van der Waals surface area contributed by atoms with Crippen LogP contribution in [-0.4, -0.2) is 26.8 Å². The van der Waals surface area contributed by atoms with Crippen molar-refractivity contribution in [3.05, 3.63) is 35.8 Å². The van der Waals surface area contributed by atoms with E-state index in [9.17, 15) is 9.59 Å². The zero-order chi connectivity index (χ0) is 12.4. The van der Waals surface area contributed by atoms with E-state index < -0.39 is 11.8 Å². The molecule has 1 fully saturated rings. The van der Waals surface area contributed by atoms with Crippen molar-refractivity contribution in [2.75, 3.05) is 0 Å². The summed E-state index contributed by atoms with van der Waals surface area (Å²) in [7, 11) is 0. The average Bonchev–Trinajstić information content (AvgIpc) is 2.55. The molecule has 0 radical (unpaired) electrons. The molecule has 1 aliphatic rings. The Morgan fingerprint density at radius 2 is 2.35 bits per heavy atom. The minimum atomic E-state index is -0.439. The van der Waals surface area contributed by atoms with Gasteiger partial charge in [-0.2, -0.15) is 0 Å². The molecular formula is C11H9N3O2S. The Balaban J connectivity index is 2.31. The zero-order valence-electron chi connectivity index (χ0n) is 9.01. The fourth-order valence-corrected chi connectivity index (χ4v) is 1.77. The van der Waals surface area contributed by atoms with Crippen LogP contribution in [0.1, 0.15) is 12.5 Å². The Morgan fingerprint density at radius 1 is 1.59 bits per heavy atom. The molecule has 1 N–H and O–H groups in total. The quantitative estimate of drug-likeness (QED) is 0.584. The van der Waals surface area contributed by atoms with Crippen molar-refractivity contribution in [3.8, 4) is 0 Å². The zero-order valence-corrected chi connectivity index (χ0v) is 9.82. The maximum atomic E-state index is 11.8. The summed E-state index contributed by atoms with van der Waals surface area (Å²) in [5.74, 6) is -0.839. The summed E-state index contributed by atoms with van der Waals surface area (Å²) in [6, 6.07) is 3.56. The van der Waals surface area contributed by atoms with Gasteiger partial charge >= 0.3 is 0 Å². The Kier molecular flexibility index (Phi) is 2.97. The van der Waals surface area contributed by atoms with Gasteiger partial charge in [0.25, 0.3) is 5.91 Å². The molecule has 1 aromatic rings. The Labute approximate surface area is 103 Å². The fraction of sp³-hybridized carbons (Fsp3) is 0.0909. The van der Waals surface area contributed by atoms with Crippen molar-refractivity contribution in [1.82, 2.24) is 15.2 Å². The van der Waals surface area contributed by atoms with Crippen LogP contribution in [0.5, 0.6) is 0 Å². The van der Waals surface area contributed by atoms with E-state index in [0.29, 0.717) is 0 Å². The van der Waals surface area contributed by atoms with E-state index in [1.54, 1.807) is 30.6 Å². The second-order valence-corrected chi connectivity index (χ2v) is 3.82. The molecule has 0 atom stereocenters. The molecule has 0 aliphatic carbocycles. The Morgan fingerprint density at radius 3 is 2.88 bits per heavy atom. The first-order valence-electron chi connectivity index (χ1n) is 4.87. The maximum absolute atomic E-state index is 11.8. The van der Waals surface area contributed by atoms with Crippen LogP contribution in [0.3, 0.4) is 0 Å². The summed E-state index contributed by atoms with van der Waals surface area (Å²) in [6.45, 7) is 1.29. The van der Waals surface area contributed by atoms with Crippen molar-refractivity contribution in [1.29, 1.82) is 0 Å². The number of pyridine rings is 1. The number of hydrogen-bond acceptors (Lipinski definition) is 4. The fourth-order valence-electron chi connectivity index (χ4n) is 1.45. The van der Waals surface area contributed by atoms with Crippen LogP contribution >= 0.6 is 12.2 Å². The number of imide groups is 1. The van der Waals surface area contributed by atoms with E-state index in [4.69, 9.17) is 12.2 Å². The molecule has 1 aromatic heterocycles. The van der Waals surface area contributed by atoms with E-state index in [-0.39, 0.29) is 10.8 Å². The van der Waals surface area contributed by atoms with Gasteiger partial charge in [0.1, 0.15) is 5.70 Å². The lowest BCUT2D eigenvalue weighted by atomic mass is 10.2. The summed E-state index contributed by atoms with van der Waals surface area (Å²) in [6.07, 6.45) is 4.85. The van der Waals surface area contributed by atoms with E-state index in [2.05, 4.69) is 10.3 Å². The number of thiocarbonyl (C=S) groups is 1. The van der Waals surface area contributed by atoms with Gasteiger partial charge in [-0.1, -0.05) is 6.07 Å². The Bertz CT molecular complexity index is 525. The molecule has 0 aromatic carbocycles. The molecule has 0 unspecified atom stereocenters. The highest BCUT2D eigenvalue weighted by Crippen LogP contribution is 2.13. The van der Waals surface area contributed by atoms with Gasteiger partial charge in [-0.25, -0.2) is 4.90 Å². The first-order valence-corrected chi connectivity index (χ1v) is 5.28. The van der Waals surface area contributed by atoms with Gasteiger partial charge in [-0.15, -0.1) is 0 Å². The van der Waals surface area contributed by atoms with Gasteiger partial charge in [0.15, 0.2) is 5.11 Å². The molecule has 0 saturated carbocycles. The summed E-state index contributed by atoms with van der Waals surface area (Å²) in [4.78, 5) is 27.9. The minimum Gasteiger partial charge on any atom is -0.327 e. The van der Waals surface area contributed by atoms with E-state index >= 15 is 0 Å². The molecule has 17 heavy (non-hydrogen) atoms. The first-order chi connectivity index (χ1) is 8.09. The lowest BCUT2D eigenvalue weighted by Crippen LogP contribution is -2.34. The van der Waals surface area contributed by atoms with Crippen LogP contribution in [0.4, 0.5) is 0 Å². The molecule has 1 aliphatic heterocycles. The molecule has 6 heteroatoms. The molecule has 0 spiro atoms. The normalized spacial score (nSPS) is 17.5. The Hall–Kier alpha value is -2.08. The van der Waals surface area contributed by atoms with Crippen LogP contribution in [-0.2, 0) is 9.59 Å². The largest absolute Gasteiger partial charge is 0.327 e. The van der Waals surface area contributed by atoms with E-state index in [1.807, 2.05) is 0 Å². The number of aromatic nitrogens is 1. The van der Waals surface area contributed by atoms with Gasteiger partial charge in [0.2, 0.25) is 5.91 Å². The van der Waals surface area contributed by atoms with Crippen molar-refractivity contribution >= 4 is 35.2 Å². The standard InChI is InChI=1S/C11H9N3O2S/c1-7(15)14-10(16)9(13-11(14)17)5-8-3-2-4-12-6-8/h2-6H,1H3,(H,13,17)/b9-5+. The van der Waals surface area contributed by atoms with Crippen LogP contribution < -0.4 is 5.32 Å². The third-order valence-corrected chi connectivity index (χ3v) is 2.47. The molecule has 2 amide bonds. The van der Waals surface area contributed by atoms with E-state index in [0.717, 1.165) is 10.5 Å². The van der Waals surface area contributed by atoms with Gasteiger partial charge in [0.05, 0.1) is 0 Å². The van der Waals surface area contributed by atoms with Gasteiger partial charge in [0, 0.05) is 19.3 Å². The predicted octanol–water partition coefficient (Wildman–Crippen LogP) is 0.686. The minimum absolute atomic E-state index is 0.109. The van der Waals surface area contributed by atoms with Crippen molar-refractivity contribution in [2.45, 2.75) is 6.92 Å². The monoisotopic (exact) mass is 247 g/mol.